The molecule has 5 rings (SSSR count). The number of nitrogens with one attached hydrogen (secondary N) is 1. The van der Waals surface area contributed by atoms with Crippen LogP contribution >= 0.6 is 0 Å². The zero-order valence-corrected chi connectivity index (χ0v) is 27.6. The smallest absolute Gasteiger partial charge is 0.170 e. The Morgan fingerprint density at radius 2 is 1.89 bits per heavy atom. The van der Waals surface area contributed by atoms with E-state index < -0.39 is 29.0 Å². The summed E-state index contributed by atoms with van der Waals surface area (Å²) in [6.45, 7) is 2.00. The summed E-state index contributed by atoms with van der Waals surface area (Å²) >= 11 is 0. The summed E-state index contributed by atoms with van der Waals surface area (Å²) in [6, 6.07) is 9.18. The summed E-state index contributed by atoms with van der Waals surface area (Å²) in [6.07, 6.45) is 14.2. The first-order valence-corrected chi connectivity index (χ1v) is 17.0. The van der Waals surface area contributed by atoms with Crippen molar-refractivity contribution in [2.75, 3.05) is 19.5 Å². The van der Waals surface area contributed by atoms with Crippen LogP contribution in [0.15, 0.2) is 48.8 Å². The summed E-state index contributed by atoms with van der Waals surface area (Å²) in [4.78, 5) is 33.3. The molecule has 5 atom stereocenters. The van der Waals surface area contributed by atoms with E-state index in [0.717, 1.165) is 24.1 Å². The molecule has 0 saturated heterocycles. The number of pyridine rings is 1. The van der Waals surface area contributed by atoms with Crippen LogP contribution in [-0.4, -0.2) is 56.7 Å². The highest BCUT2D eigenvalue weighted by Crippen LogP contribution is 2.53. The molecule has 0 aliphatic heterocycles. The van der Waals surface area contributed by atoms with Crippen molar-refractivity contribution in [3.8, 4) is 11.5 Å². The number of ether oxygens (including phenoxy) is 1. The zero-order chi connectivity index (χ0) is 33.6. The predicted molar refractivity (Wildman–Crippen MR) is 182 cm³/mol. The maximum Gasteiger partial charge on any atom is 0.170 e. The highest BCUT2D eigenvalue weighted by Gasteiger charge is 2.44. The van der Waals surface area contributed by atoms with Crippen molar-refractivity contribution in [2.24, 2.45) is 17.3 Å². The number of Topliss-reactive ketones (excluding diaryl/α,β-unsaturated/α-hetero) is 2. The van der Waals surface area contributed by atoms with Crippen LogP contribution in [0.2, 0.25) is 0 Å². The molecule has 9 nitrogen and oxygen atoms in total. The number of nitrogen functional groups attached to an aromatic ring is 1. The minimum Gasteiger partial charge on any atom is -0.504 e. The average molecular weight is 644 g/mol. The monoisotopic (exact) mass is 643 g/mol. The topological polar surface area (TPSA) is 159 Å². The molecular formula is C38H49N3O6. The number of hydrogen-bond donors (Lipinski definition) is 5. The van der Waals surface area contributed by atoms with Gasteiger partial charge in [0.05, 0.1) is 13.7 Å². The third-order valence-electron chi connectivity index (χ3n) is 10.6. The van der Waals surface area contributed by atoms with E-state index in [2.05, 4.69) is 16.9 Å². The van der Waals surface area contributed by atoms with E-state index in [-0.39, 0.29) is 37.4 Å². The lowest BCUT2D eigenvalue weighted by molar-refractivity contribution is -0.138. The summed E-state index contributed by atoms with van der Waals surface area (Å²) in [5, 5.41) is 33.1. The number of nitrogens with two attached hydrogens (primary N) is 1. The first kappa shape index (κ1) is 34.4. The maximum atomic E-state index is 13.0. The van der Waals surface area contributed by atoms with Crippen LogP contribution < -0.4 is 10.5 Å². The zero-order valence-electron chi connectivity index (χ0n) is 27.6. The second-order valence-corrected chi connectivity index (χ2v) is 13.4. The van der Waals surface area contributed by atoms with Crippen LogP contribution in [-0.2, 0) is 22.4 Å². The number of carbonyl (C=O) groups is 2. The molecule has 0 bridgehead atoms. The number of H-pyrrole nitrogens is 1. The summed E-state index contributed by atoms with van der Waals surface area (Å²) < 4.78 is 5.58. The second-order valence-electron chi connectivity index (χ2n) is 13.4. The van der Waals surface area contributed by atoms with Crippen LogP contribution in [0.25, 0.3) is 6.08 Å². The molecule has 0 spiro atoms. The second kappa shape index (κ2) is 15.3. The number of aromatic nitrogens is 2. The number of hydrogen-bond acceptors (Lipinski definition) is 8. The van der Waals surface area contributed by atoms with E-state index in [1.54, 1.807) is 12.3 Å². The Morgan fingerprint density at radius 3 is 2.60 bits per heavy atom. The highest BCUT2D eigenvalue weighted by molar-refractivity contribution is 6.05. The van der Waals surface area contributed by atoms with Gasteiger partial charge in [-0.3, -0.25) is 9.59 Å². The predicted octanol–water partition coefficient (Wildman–Crippen LogP) is 5.90. The molecule has 9 heteroatoms. The number of methoxy groups -OCH3 is 1. The molecule has 1 aromatic carbocycles. The van der Waals surface area contributed by atoms with Crippen molar-refractivity contribution in [3.05, 3.63) is 76.7 Å². The Morgan fingerprint density at radius 1 is 1.13 bits per heavy atom. The van der Waals surface area contributed by atoms with E-state index in [4.69, 9.17) is 10.5 Å². The number of aliphatic hydroxyl groups excluding tert-OH is 2. The molecular weight excluding hydrogens is 594 g/mol. The molecule has 47 heavy (non-hydrogen) atoms. The van der Waals surface area contributed by atoms with E-state index in [1.807, 2.05) is 42.6 Å². The molecule has 0 amide bonds. The molecule has 2 heterocycles. The van der Waals surface area contributed by atoms with Gasteiger partial charge in [-0.25, -0.2) is 4.98 Å². The number of ketones is 2. The van der Waals surface area contributed by atoms with Gasteiger partial charge in [-0.05, 0) is 72.9 Å². The molecule has 1 saturated carbocycles. The van der Waals surface area contributed by atoms with Crippen molar-refractivity contribution in [2.45, 2.75) is 89.6 Å². The van der Waals surface area contributed by atoms with Crippen LogP contribution in [0.5, 0.6) is 11.5 Å². The average Bonchev–Trinajstić information content (AvgIpc) is 3.60. The lowest BCUT2D eigenvalue weighted by Gasteiger charge is -2.41. The molecule has 6 N–H and O–H groups in total. The molecule has 3 aromatic rings. The molecule has 2 aliphatic rings. The van der Waals surface area contributed by atoms with E-state index in [0.29, 0.717) is 47.2 Å². The Kier molecular flexibility index (Phi) is 11.2. The molecule has 2 aliphatic carbocycles. The fraction of sp³-hybridized carbons (Fsp3) is 0.500. The number of aryl methyl sites for hydroxylation is 1. The van der Waals surface area contributed by atoms with Crippen molar-refractivity contribution >= 4 is 23.5 Å². The van der Waals surface area contributed by atoms with Crippen LogP contribution in [0, 0.1) is 17.3 Å². The molecule has 2 aromatic heterocycles. The van der Waals surface area contributed by atoms with Gasteiger partial charge in [0.2, 0.25) is 0 Å². The highest BCUT2D eigenvalue weighted by atomic mass is 16.5. The SMILES string of the molecule is CCC1CCCCC1CCCC(=O)C(O)C(=O)CCc1cc(OC)c(O)c(C2c3ccnc(N)c3C=CC2(CO)Cc2ccc[nH]2)c1. The van der Waals surface area contributed by atoms with Gasteiger partial charge in [-0.15, -0.1) is 0 Å². The number of anilines is 1. The fourth-order valence-corrected chi connectivity index (χ4v) is 7.93. The number of nitrogens with zero attached hydrogens (tertiary/aromatic N) is 1. The third kappa shape index (κ3) is 7.47. The lowest BCUT2D eigenvalue weighted by atomic mass is 9.63. The van der Waals surface area contributed by atoms with E-state index in [1.165, 1.54) is 32.8 Å². The van der Waals surface area contributed by atoms with Gasteiger partial charge in [0.15, 0.2) is 29.2 Å². The molecule has 5 unspecified atom stereocenters. The number of carbonyl (C=O) groups excluding carboxylic acids is 2. The number of aliphatic hydroxyl groups is 2. The number of phenolic OH excluding ortho intramolecular Hbond substituents is 1. The quantitative estimate of drug-likeness (QED) is 0.128. The van der Waals surface area contributed by atoms with E-state index in [9.17, 15) is 24.9 Å². The van der Waals surface area contributed by atoms with Gasteiger partial charge in [0.1, 0.15) is 5.82 Å². The number of fused-ring (bicyclic) bond motifs is 1. The molecule has 0 radical (unpaired) electrons. The number of aromatic hydroxyl groups is 1. The Bertz CT molecular complexity index is 1570. The first-order chi connectivity index (χ1) is 22.7. The van der Waals surface area contributed by atoms with Crippen molar-refractivity contribution in [1.29, 1.82) is 0 Å². The van der Waals surface area contributed by atoms with Gasteiger partial charge in [0, 0.05) is 53.4 Å². The van der Waals surface area contributed by atoms with Crippen LogP contribution in [0.3, 0.4) is 0 Å². The van der Waals surface area contributed by atoms with Crippen molar-refractivity contribution < 1.29 is 29.6 Å². The standard InChI is InChI=1S/C38H49N3O6/c1-3-25-8-4-5-9-26(25)10-6-12-31(43)36(46)32(44)14-13-24-20-30(35(45)33(21-24)47-2)34-28-16-19-41-37(39)29(28)15-17-38(34,23-42)22-27-11-7-18-40-27/h7,11,15-21,25-26,34,36,40,42,45-46H,3-6,8-10,12-14,22-23H2,1-2H3,(H2,39,41). The molecule has 1 fully saturated rings. The Labute approximate surface area is 277 Å². The van der Waals surface area contributed by atoms with Gasteiger partial charge in [-0.2, -0.15) is 0 Å². The molecule has 252 valence electrons. The Balaban J connectivity index is 1.35. The third-order valence-corrected chi connectivity index (χ3v) is 10.6. The van der Waals surface area contributed by atoms with Gasteiger partial charge in [0.25, 0.3) is 0 Å². The maximum absolute atomic E-state index is 13.0. The van der Waals surface area contributed by atoms with E-state index >= 15 is 0 Å². The van der Waals surface area contributed by atoms with Crippen molar-refractivity contribution in [1.82, 2.24) is 9.97 Å². The van der Waals surface area contributed by atoms with Crippen molar-refractivity contribution in [3.63, 3.8) is 0 Å². The Hall–Kier alpha value is -3.95. The number of benzene rings is 1. The fourth-order valence-electron chi connectivity index (χ4n) is 7.93. The summed E-state index contributed by atoms with van der Waals surface area (Å²) in [5.74, 6) is 0.331. The number of phenols is 1. The number of rotatable bonds is 15. The summed E-state index contributed by atoms with van der Waals surface area (Å²) in [5.41, 5.74) is 9.04. The minimum absolute atomic E-state index is 0.0492. The first-order valence-electron chi connectivity index (χ1n) is 17.0. The van der Waals surface area contributed by atoms with Gasteiger partial charge >= 0.3 is 0 Å². The van der Waals surface area contributed by atoms with Crippen LogP contribution in [0.1, 0.15) is 98.6 Å². The van der Waals surface area contributed by atoms with Gasteiger partial charge in [-0.1, -0.05) is 57.2 Å². The largest absolute Gasteiger partial charge is 0.504 e. The minimum atomic E-state index is -1.64. The van der Waals surface area contributed by atoms with Crippen LogP contribution in [0.4, 0.5) is 5.82 Å². The summed E-state index contributed by atoms with van der Waals surface area (Å²) in [7, 11) is 1.46. The normalized spacial score (nSPS) is 22.9. The van der Waals surface area contributed by atoms with Gasteiger partial charge < -0.3 is 30.8 Å². The lowest BCUT2D eigenvalue weighted by Crippen LogP contribution is -2.36. The number of aromatic amines is 1.